The monoisotopic (exact) mass is 897 g/mol. The van der Waals surface area contributed by atoms with Gasteiger partial charge in [0, 0.05) is 42.1 Å². The summed E-state index contributed by atoms with van der Waals surface area (Å²) in [7, 11) is 0.582. The Bertz CT molecular complexity index is 1130. The molecule has 0 aromatic heterocycles. The molecule has 0 amide bonds. The Morgan fingerprint density at radius 3 is 0.978 bits per heavy atom. The molecule has 8 heteroatoms. The normalized spacial score (nSPS) is 10.6. The van der Waals surface area contributed by atoms with E-state index in [-0.39, 0.29) is 58.0 Å². The van der Waals surface area contributed by atoms with Crippen molar-refractivity contribution in [2.75, 3.05) is 19.4 Å². The molecule has 0 aliphatic heterocycles. The summed E-state index contributed by atoms with van der Waals surface area (Å²) in [5.74, 6) is -0.519. The first kappa shape index (κ1) is 44.9. The predicted molar refractivity (Wildman–Crippen MR) is 178 cm³/mol. The van der Waals surface area contributed by atoms with Crippen molar-refractivity contribution >= 4 is 43.0 Å². The van der Waals surface area contributed by atoms with E-state index in [1.807, 2.05) is 38.2 Å². The average Bonchev–Trinajstić information content (AvgIpc) is 3.71. The van der Waals surface area contributed by atoms with Gasteiger partial charge in [0.1, 0.15) is 5.97 Å². The van der Waals surface area contributed by atoms with E-state index in [0.29, 0.717) is 0 Å². The van der Waals surface area contributed by atoms with Gasteiger partial charge in [-0.05, 0) is 81.5 Å². The van der Waals surface area contributed by atoms with Crippen molar-refractivity contribution in [3.8, 4) is 0 Å². The molecular weight excluding hydrogens is 861 g/mol. The molecule has 0 N–H and O–H groups in total. The fourth-order valence-electron chi connectivity index (χ4n) is 3.84. The molecule has 4 aromatic rings. The van der Waals surface area contributed by atoms with Crippen LogP contribution in [-0.4, -0.2) is 25.4 Å². The molecule has 0 spiro atoms. The largest absolute Gasteiger partial charge is 0.0622 e. The quantitative estimate of drug-likeness (QED) is 0.0518. The first-order chi connectivity index (χ1) is 21.2. The van der Waals surface area contributed by atoms with Gasteiger partial charge in [-0.25, -0.2) is 0 Å². The second-order valence-electron chi connectivity index (χ2n) is 8.28. The summed E-state index contributed by atoms with van der Waals surface area (Å²) in [5, 5.41) is 5.89. The number of methoxy groups -OCH3 is 1. The molecule has 5 radical (unpaired) electrons. The number of carbonyl (C=O) groups excluding carboxylic acids is 1. The molecule has 0 bridgehead atoms. The first-order valence-corrected chi connectivity index (χ1v) is 16.2. The molecule has 0 saturated heterocycles. The van der Waals surface area contributed by atoms with Gasteiger partial charge in [0.25, 0.3) is 0 Å². The Morgan fingerprint density at radius 2 is 0.822 bits per heavy atom. The Balaban J connectivity index is 0. The van der Waals surface area contributed by atoms with Crippen molar-refractivity contribution in [1.82, 2.24) is 0 Å². The van der Waals surface area contributed by atoms with Crippen LogP contribution < -0.4 is 21.2 Å². The van der Waals surface area contributed by atoms with Gasteiger partial charge in [-0.3, -0.25) is 11.4 Å². The van der Waals surface area contributed by atoms with Gasteiger partial charge in [0.15, 0.2) is 0 Å². The van der Waals surface area contributed by atoms with E-state index < -0.39 is 5.97 Å². The number of ether oxygens (including phenoxy) is 1. The van der Waals surface area contributed by atoms with Crippen molar-refractivity contribution < 1.29 is 61.0 Å². The van der Waals surface area contributed by atoms with E-state index in [0.717, 1.165) is 0 Å². The molecule has 1 aliphatic carbocycles. The maximum atomic E-state index is 9.78. The summed E-state index contributed by atoms with van der Waals surface area (Å²) in [6, 6.07) is 44.2. The summed E-state index contributed by atoms with van der Waals surface area (Å²) < 4.78 is 19.1. The molecule has 1 aliphatic rings. The van der Waals surface area contributed by atoms with Gasteiger partial charge in [0.2, 0.25) is 0 Å². The summed E-state index contributed by atoms with van der Waals surface area (Å²) in [6.45, 7) is 12.0. The van der Waals surface area contributed by atoms with Crippen molar-refractivity contribution in [2.24, 2.45) is 0 Å². The number of hydrogen-bond donors (Lipinski definition) is 0. The molecular formula is C37H34MoO4P2Pt-. The third kappa shape index (κ3) is 18.5. The minimum absolute atomic E-state index is 0. The molecule has 4 aromatic carbocycles. The van der Waals surface area contributed by atoms with Crippen LogP contribution in [0.5, 0.6) is 0 Å². The zero-order chi connectivity index (χ0) is 31.5. The van der Waals surface area contributed by atoms with Crippen molar-refractivity contribution in [3.05, 3.63) is 179 Å². The standard InChI is InChI=1S/C26H24P2.C5H5.C4H5O2.2CO.Mo.Pt/c1-5-13-23(14-6-1)27(24-15-7-2-8-16-24)21-22-28(25-17-9-3-10-18-25)26-19-11-4-12-20-26;1-2-4-5-3-1;1-3-4(5)6-2;2*1-2;;/h1-20H,21-22H2;1-5H;1H2,2H3;;;;/q;;-1;;;;. The zero-order valence-electron chi connectivity index (χ0n) is 24.8. The summed E-state index contributed by atoms with van der Waals surface area (Å²) in [5.41, 5.74) is 0. The van der Waals surface area contributed by atoms with Crippen molar-refractivity contribution in [1.29, 1.82) is 0 Å². The minimum Gasteiger partial charge on any atom is -0.0622 e. The Hall–Kier alpha value is -2.19. The molecule has 5 rings (SSSR count). The molecule has 1 fully saturated rings. The van der Waals surface area contributed by atoms with Crippen molar-refractivity contribution in [2.45, 2.75) is 0 Å². The van der Waals surface area contributed by atoms with Crippen LogP contribution in [0.25, 0.3) is 0 Å². The topological polar surface area (TPSA) is 66.1 Å². The van der Waals surface area contributed by atoms with Gasteiger partial charge in [-0.1, -0.05) is 121 Å². The van der Waals surface area contributed by atoms with Gasteiger partial charge in [-0.15, -0.1) is 0 Å². The fourth-order valence-corrected chi connectivity index (χ4v) is 9.20. The molecule has 233 valence electrons. The second-order valence-corrected chi connectivity index (χ2v) is 12.9. The molecule has 0 atom stereocenters. The van der Waals surface area contributed by atoms with Crippen LogP contribution >= 0.6 is 15.8 Å². The van der Waals surface area contributed by atoms with Crippen LogP contribution in [0.2, 0.25) is 0 Å². The van der Waals surface area contributed by atoms with Crippen LogP contribution in [0.1, 0.15) is 0 Å². The summed E-state index contributed by atoms with van der Waals surface area (Å²) in [4.78, 5) is 9.78. The Kier molecular flexibility index (Phi) is 30.4. The zero-order valence-corrected chi connectivity index (χ0v) is 30.9. The first-order valence-electron chi connectivity index (χ1n) is 13.2. The van der Waals surface area contributed by atoms with E-state index in [2.05, 4.69) is 146 Å². The van der Waals surface area contributed by atoms with E-state index in [1.165, 1.54) is 40.7 Å². The third-order valence-corrected chi connectivity index (χ3v) is 11.1. The molecule has 1 saturated carbocycles. The van der Waals surface area contributed by atoms with Gasteiger partial charge >= 0.3 is 22.6 Å². The third-order valence-electron chi connectivity index (χ3n) is 5.70. The minimum atomic E-state index is -0.519. The van der Waals surface area contributed by atoms with Crippen LogP contribution in [0.4, 0.5) is 0 Å². The smallest absolute Gasteiger partial charge is 0 e. The van der Waals surface area contributed by atoms with E-state index in [4.69, 9.17) is 9.30 Å². The van der Waals surface area contributed by atoms with E-state index in [1.54, 1.807) is 0 Å². The van der Waals surface area contributed by atoms with E-state index >= 15 is 0 Å². The molecule has 45 heavy (non-hydrogen) atoms. The summed E-state index contributed by atoms with van der Waals surface area (Å²) >= 11 is 0. The number of esters is 1. The van der Waals surface area contributed by atoms with Gasteiger partial charge in [-0.2, -0.15) is 0 Å². The average molecular weight is 896 g/mol. The number of hydrogen-bond acceptors (Lipinski definition) is 2. The number of benzene rings is 4. The second kappa shape index (κ2) is 30.5. The van der Waals surface area contributed by atoms with Crippen LogP contribution in [0.3, 0.4) is 0 Å². The van der Waals surface area contributed by atoms with Gasteiger partial charge in [0.05, 0.1) is 7.11 Å². The fraction of sp³-hybridized carbons (Fsp3) is 0.0811. The van der Waals surface area contributed by atoms with Crippen LogP contribution in [0.15, 0.2) is 128 Å². The van der Waals surface area contributed by atoms with Crippen LogP contribution in [0, 0.1) is 51.5 Å². The number of rotatable bonds is 8. The Labute approximate surface area is 300 Å². The molecule has 0 unspecified atom stereocenters. The maximum Gasteiger partial charge on any atom is 0 e. The molecule has 4 nitrogen and oxygen atoms in total. The van der Waals surface area contributed by atoms with E-state index in [9.17, 15) is 4.79 Å². The summed E-state index contributed by atoms with van der Waals surface area (Å²) in [6.07, 6.45) is 14.4. The van der Waals surface area contributed by atoms with Crippen molar-refractivity contribution in [3.63, 3.8) is 0 Å². The van der Waals surface area contributed by atoms with Crippen LogP contribution in [-0.2, 0) is 61.0 Å². The molecule has 0 heterocycles. The Morgan fingerprint density at radius 1 is 0.600 bits per heavy atom. The number of carbonyl (C=O) groups is 1. The maximum absolute atomic E-state index is 9.78. The SMILES string of the molecule is C=[C-]C(=O)OC.[C-]#[O+].[C-]#[O+].[CH]1[CH][CH][CH][CH]1.[Mo].[Pt].c1ccc(P(CCP(c2ccccc2)c2ccccc2)c2ccccc2)cc1. The van der Waals surface area contributed by atoms with Gasteiger partial charge < -0.3 is 10.8 Å². The predicted octanol–water partition coefficient (Wildman–Crippen LogP) is 6.34.